The Labute approximate surface area is 155 Å². The molecule has 0 saturated heterocycles. The van der Waals surface area contributed by atoms with Crippen LogP contribution in [-0.2, 0) is 6.42 Å². The third kappa shape index (κ3) is 2.61. The van der Waals surface area contributed by atoms with Crippen LogP contribution in [0.2, 0.25) is 5.02 Å². The Morgan fingerprint density at radius 2 is 1.92 bits per heavy atom. The van der Waals surface area contributed by atoms with Gasteiger partial charge in [0.05, 0.1) is 22.6 Å². The summed E-state index contributed by atoms with van der Waals surface area (Å²) in [6, 6.07) is 15.3. The van der Waals surface area contributed by atoms with Gasteiger partial charge in [-0.3, -0.25) is 9.36 Å². The van der Waals surface area contributed by atoms with Gasteiger partial charge >= 0.3 is 0 Å². The number of halogens is 1. The Kier molecular flexibility index (Phi) is 4.09. The van der Waals surface area contributed by atoms with E-state index in [2.05, 4.69) is 17.0 Å². The molecule has 0 fully saturated rings. The van der Waals surface area contributed by atoms with Crippen LogP contribution < -0.4 is 5.56 Å². The Morgan fingerprint density at radius 1 is 1.12 bits per heavy atom. The van der Waals surface area contributed by atoms with Crippen molar-refractivity contribution in [3.05, 3.63) is 81.5 Å². The Balaban J connectivity index is 1.97. The van der Waals surface area contributed by atoms with E-state index < -0.39 is 0 Å². The topological polar surface area (TPSA) is 52.7 Å². The molecule has 0 aliphatic carbocycles. The van der Waals surface area contributed by atoms with E-state index in [0.29, 0.717) is 27.6 Å². The molecule has 0 N–H and O–H groups in total. The summed E-state index contributed by atoms with van der Waals surface area (Å²) in [4.78, 5) is 17.8. The number of aryl methyl sites for hydroxylation is 2. The maximum absolute atomic E-state index is 13.1. The zero-order chi connectivity index (χ0) is 18.3. The molecule has 130 valence electrons. The second-order valence-electron chi connectivity index (χ2n) is 6.07. The van der Waals surface area contributed by atoms with Crippen molar-refractivity contribution in [2.24, 2.45) is 0 Å². The van der Waals surface area contributed by atoms with Gasteiger partial charge in [0.15, 0.2) is 5.65 Å². The third-order valence-corrected chi connectivity index (χ3v) is 4.75. The number of fused-ring (bicyclic) bond motifs is 1. The number of aromatic nitrogens is 4. The molecule has 5 nitrogen and oxygen atoms in total. The van der Waals surface area contributed by atoms with Gasteiger partial charge in [0, 0.05) is 0 Å². The fourth-order valence-electron chi connectivity index (χ4n) is 3.09. The summed E-state index contributed by atoms with van der Waals surface area (Å²) in [5, 5.41) is 5.36. The van der Waals surface area contributed by atoms with Crippen molar-refractivity contribution in [1.82, 2.24) is 19.3 Å². The third-order valence-electron chi connectivity index (χ3n) is 4.43. The lowest BCUT2D eigenvalue weighted by Gasteiger charge is -2.11. The number of rotatable bonds is 3. The molecule has 2 aromatic carbocycles. The Hall–Kier alpha value is -2.92. The van der Waals surface area contributed by atoms with E-state index in [4.69, 9.17) is 11.6 Å². The highest BCUT2D eigenvalue weighted by molar-refractivity contribution is 6.32. The lowest BCUT2D eigenvalue weighted by Crippen LogP contribution is -2.22. The molecule has 6 heteroatoms. The minimum Gasteiger partial charge on any atom is -0.268 e. The molecule has 0 bridgehead atoms. The molecule has 2 heterocycles. The van der Waals surface area contributed by atoms with Crippen LogP contribution in [0.5, 0.6) is 0 Å². The zero-order valence-corrected chi connectivity index (χ0v) is 15.2. The predicted octanol–water partition coefficient (Wildman–Crippen LogP) is 4.10. The molecular weight excluding hydrogens is 348 g/mol. The van der Waals surface area contributed by atoms with Gasteiger partial charge in [-0.15, -0.1) is 0 Å². The van der Waals surface area contributed by atoms with Crippen LogP contribution in [0, 0.1) is 6.92 Å². The number of hydrogen-bond acceptors (Lipinski definition) is 3. The second kappa shape index (κ2) is 6.42. The van der Waals surface area contributed by atoms with Gasteiger partial charge in [-0.25, -0.2) is 9.67 Å². The maximum Gasteiger partial charge on any atom is 0.269 e. The van der Waals surface area contributed by atoms with Crippen molar-refractivity contribution in [2.45, 2.75) is 20.3 Å². The average Bonchev–Trinajstić information content (AvgIpc) is 3.06. The van der Waals surface area contributed by atoms with Gasteiger partial charge in [-0.05, 0) is 43.2 Å². The van der Waals surface area contributed by atoms with E-state index >= 15 is 0 Å². The van der Waals surface area contributed by atoms with Gasteiger partial charge in [-0.2, -0.15) is 5.10 Å². The monoisotopic (exact) mass is 364 g/mol. The Morgan fingerprint density at radius 3 is 2.69 bits per heavy atom. The Bertz CT molecular complexity index is 1180. The van der Waals surface area contributed by atoms with E-state index in [1.807, 2.05) is 49.4 Å². The summed E-state index contributed by atoms with van der Waals surface area (Å²) in [5.41, 5.74) is 3.04. The largest absolute Gasteiger partial charge is 0.269 e. The van der Waals surface area contributed by atoms with E-state index in [-0.39, 0.29) is 5.56 Å². The van der Waals surface area contributed by atoms with Crippen molar-refractivity contribution < 1.29 is 0 Å². The fourth-order valence-corrected chi connectivity index (χ4v) is 3.31. The van der Waals surface area contributed by atoms with Gasteiger partial charge in [0.1, 0.15) is 11.2 Å². The summed E-state index contributed by atoms with van der Waals surface area (Å²) in [7, 11) is 0. The SMILES string of the molecule is CCc1cccc(-n2c(C)nc3c(cnn3-c3ccccc3Cl)c2=O)c1. The van der Waals surface area contributed by atoms with Crippen molar-refractivity contribution >= 4 is 22.6 Å². The number of benzene rings is 2. The predicted molar refractivity (Wildman–Crippen MR) is 104 cm³/mol. The van der Waals surface area contributed by atoms with Gasteiger partial charge in [0.2, 0.25) is 0 Å². The van der Waals surface area contributed by atoms with Crippen molar-refractivity contribution in [2.75, 3.05) is 0 Å². The van der Waals surface area contributed by atoms with Crippen molar-refractivity contribution in [3.8, 4) is 11.4 Å². The fraction of sp³-hybridized carbons (Fsp3) is 0.150. The quantitative estimate of drug-likeness (QED) is 0.550. The lowest BCUT2D eigenvalue weighted by atomic mass is 10.1. The molecule has 0 spiro atoms. The minimum atomic E-state index is -0.140. The molecule has 4 aromatic rings. The summed E-state index contributed by atoms with van der Waals surface area (Å²) < 4.78 is 3.24. The average molecular weight is 365 g/mol. The molecular formula is C20H17ClN4O. The highest BCUT2D eigenvalue weighted by Crippen LogP contribution is 2.22. The summed E-state index contributed by atoms with van der Waals surface area (Å²) in [5.74, 6) is 0.601. The van der Waals surface area contributed by atoms with Crippen molar-refractivity contribution in [1.29, 1.82) is 0 Å². The van der Waals surface area contributed by atoms with E-state index in [1.54, 1.807) is 21.5 Å². The molecule has 26 heavy (non-hydrogen) atoms. The van der Waals surface area contributed by atoms with Gasteiger partial charge in [-0.1, -0.05) is 42.8 Å². The van der Waals surface area contributed by atoms with Crippen LogP contribution >= 0.6 is 11.6 Å². The van der Waals surface area contributed by atoms with Crippen LogP contribution in [-0.4, -0.2) is 19.3 Å². The molecule has 0 aliphatic heterocycles. The molecule has 0 saturated carbocycles. The number of para-hydroxylation sites is 1. The standard InChI is InChI=1S/C20H17ClN4O/c1-3-14-7-6-8-15(11-14)24-13(2)23-19-16(20(24)26)12-22-25(19)18-10-5-4-9-17(18)21/h4-12H,3H2,1-2H3. The maximum atomic E-state index is 13.1. The molecule has 0 atom stereocenters. The lowest BCUT2D eigenvalue weighted by molar-refractivity contribution is 0.858. The molecule has 0 aliphatic rings. The first-order valence-corrected chi connectivity index (χ1v) is 8.79. The smallest absolute Gasteiger partial charge is 0.268 e. The molecule has 4 rings (SSSR count). The minimum absolute atomic E-state index is 0.140. The first kappa shape index (κ1) is 16.5. The molecule has 0 radical (unpaired) electrons. The van der Waals surface area contributed by atoms with E-state index in [9.17, 15) is 4.79 Å². The van der Waals surface area contributed by atoms with Crippen LogP contribution in [0.1, 0.15) is 18.3 Å². The molecule has 2 aromatic heterocycles. The summed E-state index contributed by atoms with van der Waals surface area (Å²) in [6.07, 6.45) is 2.45. The normalized spacial score (nSPS) is 11.2. The highest BCUT2D eigenvalue weighted by Gasteiger charge is 2.16. The summed E-state index contributed by atoms with van der Waals surface area (Å²) in [6.45, 7) is 3.91. The number of nitrogens with zero attached hydrogens (tertiary/aromatic N) is 4. The van der Waals surface area contributed by atoms with E-state index in [0.717, 1.165) is 12.1 Å². The van der Waals surface area contributed by atoms with Crippen LogP contribution in [0.15, 0.2) is 59.5 Å². The van der Waals surface area contributed by atoms with Crippen LogP contribution in [0.3, 0.4) is 0 Å². The molecule has 0 unspecified atom stereocenters. The number of hydrogen-bond donors (Lipinski definition) is 0. The first-order valence-electron chi connectivity index (χ1n) is 8.41. The van der Waals surface area contributed by atoms with Crippen LogP contribution in [0.25, 0.3) is 22.4 Å². The first-order chi connectivity index (χ1) is 12.6. The van der Waals surface area contributed by atoms with E-state index in [1.165, 1.54) is 5.56 Å². The van der Waals surface area contributed by atoms with Gasteiger partial charge < -0.3 is 0 Å². The van der Waals surface area contributed by atoms with Gasteiger partial charge in [0.25, 0.3) is 5.56 Å². The van der Waals surface area contributed by atoms with Crippen LogP contribution in [0.4, 0.5) is 0 Å². The summed E-state index contributed by atoms with van der Waals surface area (Å²) >= 11 is 6.28. The highest BCUT2D eigenvalue weighted by atomic mass is 35.5. The zero-order valence-electron chi connectivity index (χ0n) is 14.5. The van der Waals surface area contributed by atoms with Crippen molar-refractivity contribution in [3.63, 3.8) is 0 Å². The molecule has 0 amide bonds. The second-order valence-corrected chi connectivity index (χ2v) is 6.48.